The molecule has 144 valence electrons. The summed E-state index contributed by atoms with van der Waals surface area (Å²) >= 11 is 0. The van der Waals surface area contributed by atoms with E-state index < -0.39 is 0 Å². The topological polar surface area (TPSA) is 12.0 Å². The molecule has 1 heterocycles. The fourth-order valence-electron chi connectivity index (χ4n) is 4.16. The van der Waals surface area contributed by atoms with Crippen molar-refractivity contribution < 1.29 is 0 Å². The zero-order chi connectivity index (χ0) is 18.7. The van der Waals surface area contributed by atoms with E-state index in [1.165, 1.54) is 69.1 Å². The average molecular weight is 346 g/mol. The lowest BCUT2D eigenvalue weighted by molar-refractivity contribution is 0.420. The van der Waals surface area contributed by atoms with E-state index in [9.17, 15) is 0 Å². The van der Waals surface area contributed by atoms with E-state index in [1.54, 1.807) is 5.57 Å². The van der Waals surface area contributed by atoms with Crippen LogP contribution in [0, 0.1) is 11.8 Å². The molecule has 1 N–H and O–H groups in total. The largest absolute Gasteiger partial charge is 0.386 e. The molecule has 1 aliphatic rings. The van der Waals surface area contributed by atoms with Gasteiger partial charge in [-0.1, -0.05) is 64.0 Å². The normalized spacial score (nSPS) is 20.6. The minimum absolute atomic E-state index is 0.664. The first-order chi connectivity index (χ1) is 12.0. The van der Waals surface area contributed by atoms with Crippen LogP contribution < -0.4 is 5.32 Å². The van der Waals surface area contributed by atoms with Gasteiger partial charge in [0.15, 0.2) is 0 Å². The van der Waals surface area contributed by atoms with Gasteiger partial charge in [0, 0.05) is 11.7 Å². The van der Waals surface area contributed by atoms with E-state index in [1.807, 2.05) is 0 Å². The van der Waals surface area contributed by atoms with E-state index in [4.69, 9.17) is 0 Å². The third kappa shape index (κ3) is 8.29. The molecule has 0 aromatic carbocycles. The van der Waals surface area contributed by atoms with E-state index in [2.05, 4.69) is 58.7 Å². The highest BCUT2D eigenvalue weighted by Crippen LogP contribution is 2.26. The lowest BCUT2D eigenvalue weighted by Gasteiger charge is -2.29. The fourth-order valence-corrected chi connectivity index (χ4v) is 4.16. The highest BCUT2D eigenvalue weighted by molar-refractivity contribution is 5.14. The quantitative estimate of drug-likeness (QED) is 0.284. The Bertz CT molecular complexity index is 443. The highest BCUT2D eigenvalue weighted by Gasteiger charge is 2.18. The Morgan fingerprint density at radius 1 is 1.28 bits per heavy atom. The Hall–Kier alpha value is -0.980. The van der Waals surface area contributed by atoms with Crippen LogP contribution in [0.4, 0.5) is 0 Å². The standard InChI is InChI=1S/C24H43N/c1-7-13-23(20(5)8-2)15-12-10-11-14-19(4)18-24-17-16-22(9-3)21(6)25-24/h11,14,19,23-25H,5,7-10,12-13,15-18H2,1-4,6H3/b14-11+/t19-,23?,24?/m0/s1. The molecule has 0 saturated carbocycles. The molecule has 1 rings (SSSR count). The second-order valence-electron chi connectivity index (χ2n) is 8.03. The predicted octanol–water partition coefficient (Wildman–Crippen LogP) is 7.56. The number of allylic oxidation sites excluding steroid dienone is 5. The molecular weight excluding hydrogens is 302 g/mol. The lowest BCUT2D eigenvalue weighted by atomic mass is 9.88. The maximum absolute atomic E-state index is 4.27. The Morgan fingerprint density at radius 2 is 2.04 bits per heavy atom. The molecule has 0 saturated heterocycles. The van der Waals surface area contributed by atoms with Gasteiger partial charge in [0.25, 0.3) is 0 Å². The third-order valence-electron chi connectivity index (χ3n) is 5.89. The molecule has 2 unspecified atom stereocenters. The van der Waals surface area contributed by atoms with Crippen molar-refractivity contribution in [2.24, 2.45) is 11.8 Å². The maximum atomic E-state index is 4.27. The van der Waals surface area contributed by atoms with Crippen molar-refractivity contribution in [3.63, 3.8) is 0 Å². The van der Waals surface area contributed by atoms with Crippen molar-refractivity contribution in [1.82, 2.24) is 5.32 Å². The van der Waals surface area contributed by atoms with Gasteiger partial charge in [-0.2, -0.15) is 0 Å². The van der Waals surface area contributed by atoms with Gasteiger partial charge in [-0.25, -0.2) is 0 Å². The number of hydrogen-bond acceptors (Lipinski definition) is 1. The molecule has 0 bridgehead atoms. The minimum atomic E-state index is 0.664. The van der Waals surface area contributed by atoms with Crippen LogP contribution in [-0.4, -0.2) is 6.04 Å². The summed E-state index contributed by atoms with van der Waals surface area (Å²) in [7, 11) is 0. The Balaban J connectivity index is 2.27. The summed E-state index contributed by atoms with van der Waals surface area (Å²) in [4.78, 5) is 0. The van der Waals surface area contributed by atoms with E-state index in [0.717, 1.165) is 12.3 Å². The fraction of sp³-hybridized carbons (Fsp3) is 0.750. The molecule has 0 fully saturated rings. The number of hydrogen-bond donors (Lipinski definition) is 1. The van der Waals surface area contributed by atoms with Gasteiger partial charge in [0.2, 0.25) is 0 Å². The summed E-state index contributed by atoms with van der Waals surface area (Å²) in [6, 6.07) is 0.664. The molecular formula is C24H43N. The minimum Gasteiger partial charge on any atom is -0.386 e. The van der Waals surface area contributed by atoms with Crippen molar-refractivity contribution in [1.29, 1.82) is 0 Å². The summed E-state index contributed by atoms with van der Waals surface area (Å²) in [6.45, 7) is 15.7. The molecule has 1 heteroatoms. The molecule has 3 atom stereocenters. The number of rotatable bonds is 12. The van der Waals surface area contributed by atoms with Crippen LogP contribution in [-0.2, 0) is 0 Å². The van der Waals surface area contributed by atoms with Gasteiger partial charge >= 0.3 is 0 Å². The van der Waals surface area contributed by atoms with Crippen molar-refractivity contribution in [3.8, 4) is 0 Å². The van der Waals surface area contributed by atoms with Crippen LogP contribution >= 0.6 is 0 Å². The Kier molecular flexibility index (Phi) is 10.9. The van der Waals surface area contributed by atoms with Crippen molar-refractivity contribution in [2.75, 3.05) is 0 Å². The summed E-state index contributed by atoms with van der Waals surface area (Å²) < 4.78 is 0. The van der Waals surface area contributed by atoms with Gasteiger partial charge in [0.05, 0.1) is 0 Å². The highest BCUT2D eigenvalue weighted by atomic mass is 14.9. The van der Waals surface area contributed by atoms with Crippen LogP contribution in [0.25, 0.3) is 0 Å². The molecule has 1 nitrogen and oxygen atoms in total. The van der Waals surface area contributed by atoms with E-state index >= 15 is 0 Å². The summed E-state index contributed by atoms with van der Waals surface area (Å²) in [5.74, 6) is 1.42. The molecule has 0 amide bonds. The second-order valence-corrected chi connectivity index (χ2v) is 8.03. The molecule has 0 spiro atoms. The molecule has 1 aliphatic heterocycles. The summed E-state index contributed by atoms with van der Waals surface area (Å²) in [6.07, 6.45) is 17.5. The zero-order valence-electron chi connectivity index (χ0n) is 17.7. The van der Waals surface area contributed by atoms with Gasteiger partial charge in [-0.15, -0.1) is 0 Å². The Morgan fingerprint density at radius 3 is 2.64 bits per heavy atom. The average Bonchev–Trinajstić information content (AvgIpc) is 2.60. The third-order valence-corrected chi connectivity index (χ3v) is 5.89. The summed E-state index contributed by atoms with van der Waals surface area (Å²) in [5, 5.41) is 3.73. The van der Waals surface area contributed by atoms with Gasteiger partial charge in [-0.3, -0.25) is 0 Å². The van der Waals surface area contributed by atoms with Crippen molar-refractivity contribution >= 4 is 0 Å². The smallest absolute Gasteiger partial charge is 0.0266 e. The molecule has 0 aliphatic carbocycles. The predicted molar refractivity (Wildman–Crippen MR) is 114 cm³/mol. The van der Waals surface area contributed by atoms with E-state index in [0.29, 0.717) is 12.0 Å². The molecule has 0 radical (unpaired) electrons. The Labute approximate surface area is 158 Å². The zero-order valence-corrected chi connectivity index (χ0v) is 17.7. The monoisotopic (exact) mass is 345 g/mol. The first kappa shape index (κ1) is 22.1. The SMILES string of the molecule is C=C(CC)C(CCC)CCC/C=C/[C@H](C)CC1CCC(CC)=C(C)N1. The number of unbranched alkanes of at least 4 members (excludes halogenated alkanes) is 1. The van der Waals surface area contributed by atoms with Crippen LogP contribution in [0.5, 0.6) is 0 Å². The summed E-state index contributed by atoms with van der Waals surface area (Å²) in [5.41, 5.74) is 4.51. The van der Waals surface area contributed by atoms with Crippen molar-refractivity contribution in [2.45, 2.75) is 105 Å². The van der Waals surface area contributed by atoms with Crippen LogP contribution in [0.2, 0.25) is 0 Å². The number of nitrogens with one attached hydrogen (secondary N) is 1. The van der Waals surface area contributed by atoms with Crippen LogP contribution in [0.1, 0.15) is 98.8 Å². The van der Waals surface area contributed by atoms with Gasteiger partial charge in [-0.05, 0) is 76.5 Å². The molecule has 0 aromatic heterocycles. The van der Waals surface area contributed by atoms with E-state index in [-0.39, 0.29) is 0 Å². The lowest BCUT2D eigenvalue weighted by Crippen LogP contribution is -2.33. The maximum Gasteiger partial charge on any atom is 0.0266 e. The van der Waals surface area contributed by atoms with Crippen molar-refractivity contribution in [3.05, 3.63) is 35.6 Å². The molecule has 0 aromatic rings. The van der Waals surface area contributed by atoms with Gasteiger partial charge in [0.1, 0.15) is 0 Å². The van der Waals surface area contributed by atoms with Crippen LogP contribution in [0.15, 0.2) is 35.6 Å². The first-order valence-electron chi connectivity index (χ1n) is 10.8. The van der Waals surface area contributed by atoms with Crippen LogP contribution in [0.3, 0.4) is 0 Å². The second kappa shape index (κ2) is 12.4. The van der Waals surface area contributed by atoms with Gasteiger partial charge < -0.3 is 5.32 Å². The first-order valence-corrected chi connectivity index (χ1v) is 10.8. The molecule has 25 heavy (non-hydrogen) atoms.